The van der Waals surface area contributed by atoms with E-state index in [1.807, 2.05) is 0 Å². The van der Waals surface area contributed by atoms with E-state index in [1.54, 1.807) is 0 Å². The Morgan fingerprint density at radius 2 is 1.67 bits per heavy atom. The van der Waals surface area contributed by atoms with E-state index in [2.05, 4.69) is 5.16 Å². The average Bonchev–Trinajstić information content (AvgIpc) is 2.89. The third kappa shape index (κ3) is 3.09. The molecule has 0 unspecified atom stereocenters. The Morgan fingerprint density at radius 3 is 2.28 bits per heavy atom. The highest BCUT2D eigenvalue weighted by molar-refractivity contribution is 5.87. The summed E-state index contributed by atoms with van der Waals surface area (Å²) in [6.45, 7) is 0. The molecule has 0 radical (unpaired) electrons. The van der Waals surface area contributed by atoms with E-state index in [0.717, 1.165) is 44.2 Å². The van der Waals surface area contributed by atoms with Crippen molar-refractivity contribution in [2.45, 2.75) is 51.4 Å². The Labute approximate surface area is 106 Å². The van der Waals surface area contributed by atoms with Gasteiger partial charge in [0.2, 0.25) is 0 Å². The summed E-state index contributed by atoms with van der Waals surface area (Å²) >= 11 is 0. The number of carboxylic acids is 1. The molecule has 2 aliphatic carbocycles. The molecule has 0 saturated heterocycles. The maximum absolute atomic E-state index is 11.9. The van der Waals surface area contributed by atoms with E-state index in [1.165, 1.54) is 0 Å². The Balaban J connectivity index is 1.93. The van der Waals surface area contributed by atoms with Crippen LogP contribution in [0.4, 0.5) is 0 Å². The first kappa shape index (κ1) is 13.1. The van der Waals surface area contributed by atoms with Crippen molar-refractivity contribution in [1.82, 2.24) is 0 Å². The minimum atomic E-state index is -0.898. The number of oxime groups is 1. The van der Waals surface area contributed by atoms with Gasteiger partial charge in [-0.2, -0.15) is 0 Å². The third-order valence-corrected chi connectivity index (χ3v) is 3.83. The smallest absolute Gasteiger partial charge is 0.338 e. The van der Waals surface area contributed by atoms with Gasteiger partial charge >= 0.3 is 11.9 Å². The predicted octanol–water partition coefficient (Wildman–Crippen LogP) is 2.35. The lowest BCUT2D eigenvalue weighted by Gasteiger charge is -2.25. The van der Waals surface area contributed by atoms with Gasteiger partial charge in [-0.3, -0.25) is 4.79 Å². The lowest BCUT2D eigenvalue weighted by atomic mass is 9.79. The second-order valence-electron chi connectivity index (χ2n) is 5.11. The number of hydrogen-bond donors (Lipinski definition) is 1. The quantitative estimate of drug-likeness (QED) is 0.618. The summed E-state index contributed by atoms with van der Waals surface area (Å²) in [5.41, 5.74) is 0.922. The van der Waals surface area contributed by atoms with Gasteiger partial charge in [-0.15, -0.1) is 0 Å². The first-order valence-corrected chi connectivity index (χ1v) is 6.68. The fourth-order valence-electron chi connectivity index (χ4n) is 2.76. The van der Waals surface area contributed by atoms with Gasteiger partial charge in [0.1, 0.15) is 0 Å². The molecule has 0 aromatic rings. The number of nitrogens with zero attached hydrogens (tertiary/aromatic N) is 1. The predicted molar refractivity (Wildman–Crippen MR) is 65.1 cm³/mol. The summed E-state index contributed by atoms with van der Waals surface area (Å²) in [5.74, 6) is -2.50. The molecule has 0 aromatic carbocycles. The summed E-state index contributed by atoms with van der Waals surface area (Å²) < 4.78 is 0. The Bertz CT molecular complexity index is 356. The van der Waals surface area contributed by atoms with Crippen molar-refractivity contribution in [2.24, 2.45) is 17.0 Å². The zero-order valence-electron chi connectivity index (χ0n) is 10.4. The van der Waals surface area contributed by atoms with Gasteiger partial charge in [0, 0.05) is 0 Å². The zero-order valence-corrected chi connectivity index (χ0v) is 10.4. The molecular formula is C13H19NO4. The standard InChI is InChI=1S/C13H19NO4/c15-12(16)10-7-3-4-8-11(10)13(17)18-14-9-5-1-2-6-9/h10-11H,1-8H2,(H,15,16)/t10-,11+/m1/s1. The summed E-state index contributed by atoms with van der Waals surface area (Å²) in [4.78, 5) is 27.9. The lowest BCUT2D eigenvalue weighted by molar-refractivity contribution is -0.159. The fraction of sp³-hybridized carbons (Fsp3) is 0.769. The number of carboxylic acid groups (broad SMARTS) is 1. The normalized spacial score (nSPS) is 27.9. The van der Waals surface area contributed by atoms with Crippen LogP contribution >= 0.6 is 0 Å². The molecule has 0 heterocycles. The average molecular weight is 253 g/mol. The summed E-state index contributed by atoms with van der Waals surface area (Å²) in [5, 5.41) is 13.0. The highest BCUT2D eigenvalue weighted by atomic mass is 16.7. The molecule has 1 N–H and O–H groups in total. The van der Waals surface area contributed by atoms with Crippen molar-refractivity contribution >= 4 is 17.7 Å². The molecule has 0 amide bonds. The maximum atomic E-state index is 11.9. The third-order valence-electron chi connectivity index (χ3n) is 3.83. The van der Waals surface area contributed by atoms with Crippen LogP contribution in [0.5, 0.6) is 0 Å². The van der Waals surface area contributed by atoms with E-state index in [9.17, 15) is 9.59 Å². The van der Waals surface area contributed by atoms with Gasteiger partial charge in [0.05, 0.1) is 17.5 Å². The highest BCUT2D eigenvalue weighted by Crippen LogP contribution is 2.31. The molecule has 18 heavy (non-hydrogen) atoms. The van der Waals surface area contributed by atoms with Crippen molar-refractivity contribution in [1.29, 1.82) is 0 Å². The molecular weight excluding hydrogens is 234 g/mol. The first-order valence-electron chi connectivity index (χ1n) is 6.68. The fourth-order valence-corrected chi connectivity index (χ4v) is 2.76. The van der Waals surface area contributed by atoms with Crippen LogP contribution in [-0.4, -0.2) is 22.8 Å². The topological polar surface area (TPSA) is 76.0 Å². The second-order valence-corrected chi connectivity index (χ2v) is 5.11. The van der Waals surface area contributed by atoms with Gasteiger partial charge < -0.3 is 9.94 Å². The van der Waals surface area contributed by atoms with Crippen molar-refractivity contribution in [2.75, 3.05) is 0 Å². The summed E-state index contributed by atoms with van der Waals surface area (Å²) in [7, 11) is 0. The van der Waals surface area contributed by atoms with Gasteiger partial charge in [0.25, 0.3) is 0 Å². The van der Waals surface area contributed by atoms with E-state index < -0.39 is 23.8 Å². The molecule has 2 saturated carbocycles. The SMILES string of the molecule is O=C(ON=C1CCCC1)[C@H]1CCCC[C@H]1C(=O)O. The molecule has 100 valence electrons. The van der Waals surface area contributed by atoms with Gasteiger partial charge in [-0.05, 0) is 38.5 Å². The van der Waals surface area contributed by atoms with E-state index in [0.29, 0.717) is 12.8 Å². The number of rotatable bonds is 3. The summed E-state index contributed by atoms with van der Waals surface area (Å²) in [6.07, 6.45) is 6.89. The van der Waals surface area contributed by atoms with E-state index in [-0.39, 0.29) is 0 Å². The van der Waals surface area contributed by atoms with Crippen LogP contribution in [0.25, 0.3) is 0 Å². The van der Waals surface area contributed by atoms with Crippen molar-refractivity contribution in [3.63, 3.8) is 0 Å². The zero-order chi connectivity index (χ0) is 13.0. The van der Waals surface area contributed by atoms with Crippen molar-refractivity contribution in [3.8, 4) is 0 Å². The molecule has 0 bridgehead atoms. The van der Waals surface area contributed by atoms with Crippen molar-refractivity contribution in [3.05, 3.63) is 0 Å². The number of carbonyl (C=O) groups is 2. The van der Waals surface area contributed by atoms with Crippen LogP contribution in [0, 0.1) is 11.8 Å². The number of carbonyl (C=O) groups excluding carboxylic acids is 1. The number of aliphatic carboxylic acids is 1. The molecule has 5 nitrogen and oxygen atoms in total. The van der Waals surface area contributed by atoms with Crippen LogP contribution in [0.3, 0.4) is 0 Å². The Kier molecular flexibility index (Phi) is 4.33. The molecule has 2 atom stereocenters. The van der Waals surface area contributed by atoms with Crippen LogP contribution in [0.1, 0.15) is 51.4 Å². The monoisotopic (exact) mass is 253 g/mol. The van der Waals surface area contributed by atoms with E-state index >= 15 is 0 Å². The van der Waals surface area contributed by atoms with E-state index in [4.69, 9.17) is 9.94 Å². The Hall–Kier alpha value is -1.39. The summed E-state index contributed by atoms with van der Waals surface area (Å²) in [6, 6.07) is 0. The molecule has 2 rings (SSSR count). The largest absolute Gasteiger partial charge is 0.481 e. The molecule has 0 spiro atoms. The van der Waals surface area contributed by atoms with Crippen LogP contribution in [0.2, 0.25) is 0 Å². The highest BCUT2D eigenvalue weighted by Gasteiger charge is 2.37. The first-order chi connectivity index (χ1) is 8.68. The van der Waals surface area contributed by atoms with Crippen LogP contribution in [0.15, 0.2) is 5.16 Å². The molecule has 2 aliphatic rings. The van der Waals surface area contributed by atoms with Gasteiger partial charge in [-0.1, -0.05) is 18.0 Å². The lowest BCUT2D eigenvalue weighted by Crippen LogP contribution is -2.33. The molecule has 2 fully saturated rings. The Morgan fingerprint density at radius 1 is 1.06 bits per heavy atom. The van der Waals surface area contributed by atoms with Crippen LogP contribution < -0.4 is 0 Å². The molecule has 0 aliphatic heterocycles. The van der Waals surface area contributed by atoms with Crippen LogP contribution in [-0.2, 0) is 14.4 Å². The van der Waals surface area contributed by atoms with Gasteiger partial charge in [-0.25, -0.2) is 4.79 Å². The van der Waals surface area contributed by atoms with Crippen molar-refractivity contribution < 1.29 is 19.5 Å². The molecule has 0 aromatic heterocycles. The minimum absolute atomic E-state index is 0.471. The maximum Gasteiger partial charge on any atom is 0.338 e. The minimum Gasteiger partial charge on any atom is -0.481 e. The molecule has 5 heteroatoms. The second kappa shape index (κ2) is 5.98. The number of hydrogen-bond acceptors (Lipinski definition) is 4. The van der Waals surface area contributed by atoms with Gasteiger partial charge in [0.15, 0.2) is 0 Å².